The number of nitrogens with zero attached hydrogens (tertiary/aromatic N) is 2. The summed E-state index contributed by atoms with van der Waals surface area (Å²) in [5, 5.41) is 3.91. The zero-order valence-corrected chi connectivity index (χ0v) is 7.80. The topological polar surface area (TPSA) is 78.0 Å². The molecule has 0 saturated carbocycles. The molecule has 68 valence electrons. The van der Waals surface area contributed by atoms with Crippen molar-refractivity contribution < 1.29 is 8.42 Å². The van der Waals surface area contributed by atoms with E-state index in [0.29, 0.717) is 11.5 Å². The van der Waals surface area contributed by atoms with Gasteiger partial charge in [-0.1, -0.05) is 0 Å². The lowest BCUT2D eigenvalue weighted by Crippen LogP contribution is -2.02. The molecule has 0 amide bonds. The largest absolute Gasteiger partial charge is 0.384 e. The van der Waals surface area contributed by atoms with Crippen LogP contribution in [-0.2, 0) is 22.6 Å². The van der Waals surface area contributed by atoms with E-state index < -0.39 is 9.84 Å². The molecule has 0 aliphatic carbocycles. The Morgan fingerprint density at radius 2 is 2.25 bits per heavy atom. The average molecular weight is 189 g/mol. The first-order valence-corrected chi connectivity index (χ1v) is 5.40. The number of aromatic nitrogens is 2. The van der Waals surface area contributed by atoms with E-state index in [0.717, 1.165) is 6.26 Å². The van der Waals surface area contributed by atoms with Gasteiger partial charge in [0, 0.05) is 19.4 Å². The van der Waals surface area contributed by atoms with E-state index in [9.17, 15) is 8.42 Å². The number of nitrogen functional groups attached to an aromatic ring is 1. The lowest BCUT2D eigenvalue weighted by atomic mass is 10.5. The van der Waals surface area contributed by atoms with Crippen LogP contribution in [-0.4, -0.2) is 24.5 Å². The molecule has 1 rings (SSSR count). The molecule has 1 heterocycles. The van der Waals surface area contributed by atoms with Crippen LogP contribution in [0.1, 0.15) is 5.69 Å². The summed E-state index contributed by atoms with van der Waals surface area (Å²) in [5.41, 5.74) is 5.95. The predicted octanol–water partition coefficient (Wildman–Crippen LogP) is -0.453. The third-order valence-electron chi connectivity index (χ3n) is 1.38. The fourth-order valence-corrected chi connectivity index (χ4v) is 1.56. The second-order valence-corrected chi connectivity index (χ2v) is 4.89. The fraction of sp³-hybridized carbons (Fsp3) is 0.500. The van der Waals surface area contributed by atoms with Crippen molar-refractivity contribution >= 4 is 15.7 Å². The highest BCUT2D eigenvalue weighted by molar-refractivity contribution is 7.89. The predicted molar refractivity (Wildman–Crippen MR) is 46.2 cm³/mol. The standard InChI is InChI=1S/C6H11N3O2S/c1-9-6(7)3-5(8-9)4-12(2,10)11/h3H,4,7H2,1-2H3. The van der Waals surface area contributed by atoms with Gasteiger partial charge in [0.15, 0.2) is 9.84 Å². The van der Waals surface area contributed by atoms with E-state index in [1.165, 1.54) is 4.68 Å². The molecule has 0 radical (unpaired) electrons. The third-order valence-corrected chi connectivity index (χ3v) is 2.20. The first-order valence-electron chi connectivity index (χ1n) is 3.34. The minimum Gasteiger partial charge on any atom is -0.384 e. The number of nitrogens with two attached hydrogens (primary N) is 1. The van der Waals surface area contributed by atoms with E-state index in [1.54, 1.807) is 13.1 Å². The second-order valence-electron chi connectivity index (χ2n) is 2.75. The summed E-state index contributed by atoms with van der Waals surface area (Å²) in [6.07, 6.45) is 1.16. The van der Waals surface area contributed by atoms with Crippen LogP contribution in [0.25, 0.3) is 0 Å². The van der Waals surface area contributed by atoms with E-state index in [2.05, 4.69) is 5.10 Å². The molecular weight excluding hydrogens is 178 g/mol. The molecule has 12 heavy (non-hydrogen) atoms. The van der Waals surface area contributed by atoms with Crippen molar-refractivity contribution in [2.24, 2.45) is 7.05 Å². The van der Waals surface area contributed by atoms with Crippen LogP contribution in [0.4, 0.5) is 5.82 Å². The molecule has 0 aliphatic heterocycles. The Bertz CT molecular complexity index is 360. The first kappa shape index (κ1) is 9.05. The SMILES string of the molecule is Cn1nc(CS(C)(=O)=O)cc1N. The normalized spacial score (nSPS) is 11.8. The van der Waals surface area contributed by atoms with Gasteiger partial charge in [-0.25, -0.2) is 8.42 Å². The van der Waals surface area contributed by atoms with Crippen LogP contribution < -0.4 is 5.73 Å². The Morgan fingerprint density at radius 3 is 2.58 bits per heavy atom. The number of anilines is 1. The summed E-state index contributed by atoms with van der Waals surface area (Å²) in [6.45, 7) is 0. The van der Waals surface area contributed by atoms with Crippen LogP contribution in [0.15, 0.2) is 6.07 Å². The van der Waals surface area contributed by atoms with E-state index >= 15 is 0 Å². The lowest BCUT2D eigenvalue weighted by molar-refractivity contribution is 0.600. The van der Waals surface area contributed by atoms with Gasteiger partial charge >= 0.3 is 0 Å². The summed E-state index contributed by atoms with van der Waals surface area (Å²) in [7, 11) is -1.34. The molecular formula is C6H11N3O2S. The molecule has 2 N–H and O–H groups in total. The van der Waals surface area contributed by atoms with Crippen molar-refractivity contribution in [1.29, 1.82) is 0 Å². The molecule has 5 nitrogen and oxygen atoms in total. The van der Waals surface area contributed by atoms with E-state index in [4.69, 9.17) is 5.73 Å². The van der Waals surface area contributed by atoms with Gasteiger partial charge in [0.05, 0.1) is 11.4 Å². The highest BCUT2D eigenvalue weighted by atomic mass is 32.2. The summed E-state index contributed by atoms with van der Waals surface area (Å²) in [6, 6.07) is 1.56. The summed E-state index contributed by atoms with van der Waals surface area (Å²) >= 11 is 0. The average Bonchev–Trinajstić information content (AvgIpc) is 2.07. The Hall–Kier alpha value is -1.04. The number of hydrogen-bond acceptors (Lipinski definition) is 4. The molecule has 0 spiro atoms. The van der Waals surface area contributed by atoms with Crippen molar-refractivity contribution in [3.05, 3.63) is 11.8 Å². The van der Waals surface area contributed by atoms with Crippen LogP contribution in [0.2, 0.25) is 0 Å². The van der Waals surface area contributed by atoms with Gasteiger partial charge < -0.3 is 5.73 Å². The number of rotatable bonds is 2. The third kappa shape index (κ3) is 2.23. The molecule has 0 unspecified atom stereocenters. The molecule has 1 aromatic rings. The van der Waals surface area contributed by atoms with Crippen LogP contribution in [0.3, 0.4) is 0 Å². The van der Waals surface area contributed by atoms with Crippen molar-refractivity contribution in [3.63, 3.8) is 0 Å². The fourth-order valence-electron chi connectivity index (χ4n) is 0.883. The van der Waals surface area contributed by atoms with E-state index in [-0.39, 0.29) is 5.75 Å². The highest BCUT2D eigenvalue weighted by Gasteiger charge is 2.08. The van der Waals surface area contributed by atoms with Gasteiger partial charge in [0.1, 0.15) is 5.82 Å². The summed E-state index contributed by atoms with van der Waals surface area (Å²) < 4.78 is 23.1. The molecule has 0 fully saturated rings. The molecule has 0 bridgehead atoms. The molecule has 0 saturated heterocycles. The van der Waals surface area contributed by atoms with Gasteiger partial charge in [-0.3, -0.25) is 4.68 Å². The molecule has 0 aromatic carbocycles. The Morgan fingerprint density at radius 1 is 1.67 bits per heavy atom. The van der Waals surface area contributed by atoms with Gasteiger partial charge in [-0.05, 0) is 0 Å². The van der Waals surface area contributed by atoms with Crippen LogP contribution in [0.5, 0.6) is 0 Å². The Balaban J connectivity index is 2.92. The minimum absolute atomic E-state index is 0.0575. The Kier molecular flexibility index (Phi) is 2.10. The number of hydrogen-bond donors (Lipinski definition) is 1. The van der Waals surface area contributed by atoms with Crippen molar-refractivity contribution in [2.75, 3.05) is 12.0 Å². The smallest absolute Gasteiger partial charge is 0.153 e. The maximum absolute atomic E-state index is 10.8. The number of sulfone groups is 1. The van der Waals surface area contributed by atoms with Gasteiger partial charge in [-0.15, -0.1) is 0 Å². The molecule has 6 heteroatoms. The van der Waals surface area contributed by atoms with Crippen molar-refractivity contribution in [3.8, 4) is 0 Å². The van der Waals surface area contributed by atoms with E-state index in [1.807, 2.05) is 0 Å². The summed E-state index contributed by atoms with van der Waals surface area (Å²) in [4.78, 5) is 0. The van der Waals surface area contributed by atoms with Gasteiger partial charge in [-0.2, -0.15) is 5.10 Å². The summed E-state index contributed by atoms with van der Waals surface area (Å²) in [5.74, 6) is 0.409. The molecule has 1 aromatic heterocycles. The first-order chi connectivity index (χ1) is 5.38. The Labute approximate surface area is 71.1 Å². The maximum atomic E-state index is 10.8. The van der Waals surface area contributed by atoms with Crippen LogP contribution >= 0.6 is 0 Å². The second kappa shape index (κ2) is 2.78. The maximum Gasteiger partial charge on any atom is 0.153 e. The van der Waals surface area contributed by atoms with Crippen molar-refractivity contribution in [2.45, 2.75) is 5.75 Å². The number of aryl methyl sites for hydroxylation is 1. The zero-order valence-electron chi connectivity index (χ0n) is 6.98. The molecule has 0 atom stereocenters. The quantitative estimate of drug-likeness (QED) is 0.683. The zero-order chi connectivity index (χ0) is 9.35. The monoisotopic (exact) mass is 189 g/mol. The van der Waals surface area contributed by atoms with Crippen LogP contribution in [0, 0.1) is 0 Å². The minimum atomic E-state index is -3.01. The van der Waals surface area contributed by atoms with Gasteiger partial charge in [0.2, 0.25) is 0 Å². The van der Waals surface area contributed by atoms with Crippen molar-refractivity contribution in [1.82, 2.24) is 9.78 Å². The van der Waals surface area contributed by atoms with Gasteiger partial charge in [0.25, 0.3) is 0 Å². The highest BCUT2D eigenvalue weighted by Crippen LogP contribution is 2.07. The molecule has 0 aliphatic rings. The lowest BCUT2D eigenvalue weighted by Gasteiger charge is -1.91.